The molecule has 0 radical (unpaired) electrons. The third-order valence-electron chi connectivity index (χ3n) is 5.45. The number of carbonyl (C=O) groups is 1. The van der Waals surface area contributed by atoms with Crippen molar-refractivity contribution in [2.75, 3.05) is 19.1 Å². The zero-order chi connectivity index (χ0) is 22.3. The highest BCUT2D eigenvalue weighted by molar-refractivity contribution is 7.98. The average molecular weight is 446 g/mol. The Balaban J connectivity index is 1.69. The monoisotopic (exact) mass is 445 g/mol. The first-order valence-electron chi connectivity index (χ1n) is 10.6. The van der Waals surface area contributed by atoms with E-state index in [0.717, 1.165) is 34.8 Å². The lowest BCUT2D eigenvalue weighted by Gasteiger charge is -2.20. The zero-order valence-corrected chi connectivity index (χ0v) is 19.1. The number of thioether (sulfide) groups is 1. The summed E-state index contributed by atoms with van der Waals surface area (Å²) in [4.78, 5) is 18.0. The first-order chi connectivity index (χ1) is 15.7. The van der Waals surface area contributed by atoms with Gasteiger partial charge in [0.1, 0.15) is 11.6 Å². The Morgan fingerprint density at radius 1 is 1.03 bits per heavy atom. The van der Waals surface area contributed by atoms with Gasteiger partial charge in [-0.05, 0) is 60.4 Å². The van der Waals surface area contributed by atoms with Gasteiger partial charge in [-0.3, -0.25) is 4.79 Å². The fourth-order valence-electron chi connectivity index (χ4n) is 3.78. The van der Waals surface area contributed by atoms with E-state index >= 15 is 0 Å². The van der Waals surface area contributed by atoms with Gasteiger partial charge in [0.15, 0.2) is 0 Å². The summed E-state index contributed by atoms with van der Waals surface area (Å²) in [6.07, 6.45) is 2.87. The summed E-state index contributed by atoms with van der Waals surface area (Å²) in [5.41, 5.74) is 3.80. The Morgan fingerprint density at radius 2 is 1.75 bits per heavy atom. The van der Waals surface area contributed by atoms with Gasteiger partial charge in [0.2, 0.25) is 0 Å². The summed E-state index contributed by atoms with van der Waals surface area (Å²) >= 11 is 1.76. The van der Waals surface area contributed by atoms with Crippen molar-refractivity contribution in [1.29, 1.82) is 0 Å². The molecule has 0 saturated heterocycles. The molecule has 32 heavy (non-hydrogen) atoms. The molecule has 4 aromatic rings. The lowest BCUT2D eigenvalue weighted by molar-refractivity contribution is 0.0933. The first-order valence-corrected chi connectivity index (χ1v) is 12.0. The lowest BCUT2D eigenvalue weighted by Crippen LogP contribution is -2.31. The van der Waals surface area contributed by atoms with Crippen molar-refractivity contribution in [3.63, 3.8) is 0 Å². The number of benzene rings is 3. The molecule has 0 aliphatic carbocycles. The molecule has 0 aliphatic heterocycles. The Hall–Kier alpha value is -3.25. The van der Waals surface area contributed by atoms with Crippen LogP contribution >= 0.6 is 11.8 Å². The van der Waals surface area contributed by atoms with Crippen LogP contribution in [-0.2, 0) is 6.54 Å². The molecule has 1 amide bonds. The van der Waals surface area contributed by atoms with Crippen molar-refractivity contribution < 1.29 is 9.53 Å². The molecule has 6 heteroatoms. The van der Waals surface area contributed by atoms with Gasteiger partial charge in [-0.1, -0.05) is 42.5 Å². The van der Waals surface area contributed by atoms with E-state index in [1.807, 2.05) is 36.4 Å². The lowest BCUT2D eigenvalue weighted by atomic mass is 10.1. The molecule has 0 unspecified atom stereocenters. The molecule has 5 nitrogen and oxygen atoms in total. The zero-order valence-electron chi connectivity index (χ0n) is 18.3. The van der Waals surface area contributed by atoms with Crippen LogP contribution in [0, 0.1) is 0 Å². The number of nitrogens with one attached hydrogen (secondary N) is 1. The number of amides is 1. The normalized spacial score (nSPS) is 11.9. The van der Waals surface area contributed by atoms with E-state index < -0.39 is 0 Å². The second kappa shape index (κ2) is 10.4. The third-order valence-corrected chi connectivity index (χ3v) is 6.09. The number of fused-ring (bicyclic) bond motifs is 1. The Bertz CT molecular complexity index is 1170. The SMILES string of the molecule is COc1ccc(C(=O)N[C@@H](CCSC)c2nc3ccccc3n2Cc2ccccc2)cc1. The minimum Gasteiger partial charge on any atom is -0.497 e. The average Bonchev–Trinajstić information content (AvgIpc) is 3.20. The summed E-state index contributed by atoms with van der Waals surface area (Å²) < 4.78 is 7.44. The van der Waals surface area contributed by atoms with Crippen LogP contribution in [0.4, 0.5) is 0 Å². The molecule has 1 aromatic heterocycles. The molecule has 0 bridgehead atoms. The Morgan fingerprint density at radius 3 is 2.47 bits per heavy atom. The smallest absolute Gasteiger partial charge is 0.251 e. The maximum Gasteiger partial charge on any atom is 0.251 e. The van der Waals surface area contributed by atoms with E-state index in [-0.39, 0.29) is 11.9 Å². The van der Waals surface area contributed by atoms with Crippen molar-refractivity contribution in [2.45, 2.75) is 19.0 Å². The number of rotatable bonds is 9. The van der Waals surface area contributed by atoms with Gasteiger partial charge in [0.25, 0.3) is 5.91 Å². The van der Waals surface area contributed by atoms with Crippen LogP contribution < -0.4 is 10.1 Å². The van der Waals surface area contributed by atoms with Crippen molar-refractivity contribution in [3.05, 3.63) is 95.8 Å². The van der Waals surface area contributed by atoms with Gasteiger partial charge in [-0.25, -0.2) is 4.98 Å². The molecule has 0 aliphatic rings. The van der Waals surface area contributed by atoms with E-state index in [4.69, 9.17) is 9.72 Å². The van der Waals surface area contributed by atoms with Crippen LogP contribution in [0.5, 0.6) is 5.75 Å². The summed E-state index contributed by atoms with van der Waals surface area (Å²) in [5, 5.41) is 3.23. The predicted molar refractivity (Wildman–Crippen MR) is 131 cm³/mol. The Labute approximate surface area is 192 Å². The molecular weight excluding hydrogens is 418 g/mol. The fraction of sp³-hybridized carbons (Fsp3) is 0.231. The number of imidazole rings is 1. The van der Waals surface area contributed by atoms with Gasteiger partial charge in [-0.15, -0.1) is 0 Å². The number of aromatic nitrogens is 2. The summed E-state index contributed by atoms with van der Waals surface area (Å²) in [6, 6.07) is 25.5. The number of hydrogen-bond acceptors (Lipinski definition) is 4. The van der Waals surface area contributed by atoms with E-state index in [1.54, 1.807) is 43.1 Å². The number of ether oxygens (including phenoxy) is 1. The van der Waals surface area contributed by atoms with Crippen LogP contribution in [0.1, 0.15) is 34.2 Å². The molecule has 1 N–H and O–H groups in total. The number of para-hydroxylation sites is 2. The van der Waals surface area contributed by atoms with Crippen molar-refractivity contribution in [1.82, 2.24) is 14.9 Å². The van der Waals surface area contributed by atoms with Crippen molar-refractivity contribution in [2.24, 2.45) is 0 Å². The summed E-state index contributed by atoms with van der Waals surface area (Å²) in [6.45, 7) is 0.699. The molecule has 0 fully saturated rings. The third kappa shape index (κ3) is 4.97. The molecule has 0 saturated carbocycles. The molecule has 1 heterocycles. The number of carbonyl (C=O) groups excluding carboxylic acids is 1. The van der Waals surface area contributed by atoms with Gasteiger partial charge < -0.3 is 14.6 Å². The van der Waals surface area contributed by atoms with E-state index in [0.29, 0.717) is 12.1 Å². The van der Waals surface area contributed by atoms with Gasteiger partial charge in [0, 0.05) is 12.1 Å². The number of methoxy groups -OCH3 is 1. The molecule has 3 aromatic carbocycles. The highest BCUT2D eigenvalue weighted by Gasteiger charge is 2.23. The summed E-state index contributed by atoms with van der Waals surface area (Å²) in [7, 11) is 1.62. The van der Waals surface area contributed by atoms with Gasteiger partial charge in [-0.2, -0.15) is 11.8 Å². The maximum atomic E-state index is 13.1. The van der Waals surface area contributed by atoms with Crippen LogP contribution in [0.25, 0.3) is 11.0 Å². The van der Waals surface area contributed by atoms with Crippen molar-refractivity contribution >= 4 is 28.7 Å². The standard InChI is InChI=1S/C26H27N3O2S/c1-31-21-14-12-20(13-15-21)26(30)28-23(16-17-32-2)25-27-22-10-6-7-11-24(22)29(25)18-19-8-4-3-5-9-19/h3-15,23H,16-18H2,1-2H3,(H,28,30)/t23-/m0/s1. The highest BCUT2D eigenvalue weighted by Crippen LogP contribution is 2.26. The maximum absolute atomic E-state index is 13.1. The van der Waals surface area contributed by atoms with E-state index in [2.05, 4.69) is 34.3 Å². The minimum absolute atomic E-state index is 0.114. The van der Waals surface area contributed by atoms with E-state index in [9.17, 15) is 4.79 Å². The second-order valence-corrected chi connectivity index (χ2v) is 8.55. The molecule has 4 rings (SSSR count). The first kappa shape index (κ1) is 22.0. The molecule has 164 valence electrons. The second-order valence-electron chi connectivity index (χ2n) is 7.57. The van der Waals surface area contributed by atoms with Crippen LogP contribution in [0.3, 0.4) is 0 Å². The molecule has 1 atom stereocenters. The van der Waals surface area contributed by atoms with Crippen molar-refractivity contribution in [3.8, 4) is 5.75 Å². The molecular formula is C26H27N3O2S. The highest BCUT2D eigenvalue weighted by atomic mass is 32.2. The number of hydrogen-bond donors (Lipinski definition) is 1. The summed E-state index contributed by atoms with van der Waals surface area (Å²) in [5.74, 6) is 2.41. The topological polar surface area (TPSA) is 56.1 Å². The van der Waals surface area contributed by atoms with Gasteiger partial charge in [0.05, 0.1) is 24.2 Å². The Kier molecular flexibility index (Phi) is 7.12. The largest absolute Gasteiger partial charge is 0.497 e. The predicted octanol–water partition coefficient (Wildman–Crippen LogP) is 5.32. The minimum atomic E-state index is -0.201. The van der Waals surface area contributed by atoms with Crippen LogP contribution in [-0.4, -0.2) is 34.6 Å². The van der Waals surface area contributed by atoms with Crippen LogP contribution in [0.15, 0.2) is 78.9 Å². The number of nitrogens with zero attached hydrogens (tertiary/aromatic N) is 2. The van der Waals surface area contributed by atoms with E-state index in [1.165, 1.54) is 5.56 Å². The van der Waals surface area contributed by atoms with Crippen LogP contribution in [0.2, 0.25) is 0 Å². The quantitative estimate of drug-likeness (QED) is 0.379. The fourth-order valence-corrected chi connectivity index (χ4v) is 4.25. The molecule has 0 spiro atoms. The van der Waals surface area contributed by atoms with Gasteiger partial charge >= 0.3 is 0 Å².